The van der Waals surface area contributed by atoms with Gasteiger partial charge in [-0.3, -0.25) is 5.10 Å². The lowest BCUT2D eigenvalue weighted by atomic mass is 9.76. The van der Waals surface area contributed by atoms with Crippen molar-refractivity contribution in [1.82, 2.24) is 10.2 Å². The highest BCUT2D eigenvalue weighted by atomic mass is 16.5. The molecule has 1 aromatic carbocycles. The smallest absolute Gasteiger partial charge is 0.153 e. The maximum Gasteiger partial charge on any atom is 0.153 e. The summed E-state index contributed by atoms with van der Waals surface area (Å²) < 4.78 is 11.0. The molecular formula is C16H21N3O2. The molecule has 0 atom stereocenters. The third kappa shape index (κ3) is 2.49. The molecule has 0 bridgehead atoms. The van der Waals surface area contributed by atoms with Gasteiger partial charge >= 0.3 is 0 Å². The highest BCUT2D eigenvalue weighted by molar-refractivity contribution is 5.77. The highest BCUT2D eigenvalue weighted by Crippen LogP contribution is 2.40. The number of H-pyrrole nitrogens is 1. The molecule has 5 heteroatoms. The molecule has 0 aliphatic heterocycles. The lowest BCUT2D eigenvalue weighted by Gasteiger charge is -2.40. The van der Waals surface area contributed by atoms with Crippen LogP contribution in [0.3, 0.4) is 0 Å². The second-order valence-electron chi connectivity index (χ2n) is 5.61. The van der Waals surface area contributed by atoms with Crippen LogP contribution < -0.4 is 10.5 Å². The first-order valence-corrected chi connectivity index (χ1v) is 7.20. The van der Waals surface area contributed by atoms with Crippen LogP contribution in [-0.2, 0) is 11.2 Å². The van der Waals surface area contributed by atoms with E-state index in [1.807, 2.05) is 24.3 Å². The summed E-state index contributed by atoms with van der Waals surface area (Å²) >= 11 is 0. The Kier molecular flexibility index (Phi) is 3.59. The van der Waals surface area contributed by atoms with Crippen molar-refractivity contribution in [3.63, 3.8) is 0 Å². The van der Waals surface area contributed by atoms with Crippen LogP contribution in [0.2, 0.25) is 0 Å². The third-order valence-corrected chi connectivity index (χ3v) is 4.42. The number of nitrogen functional groups attached to an aromatic ring is 1. The van der Waals surface area contributed by atoms with Gasteiger partial charge in [0, 0.05) is 24.8 Å². The molecule has 1 aromatic heterocycles. The monoisotopic (exact) mass is 287 g/mol. The van der Waals surface area contributed by atoms with Crippen molar-refractivity contribution in [2.75, 3.05) is 20.0 Å². The number of nitrogens with zero attached hydrogens (tertiary/aromatic N) is 1. The van der Waals surface area contributed by atoms with Crippen LogP contribution in [-0.4, -0.2) is 30.0 Å². The number of aromatic amines is 1. The quantitative estimate of drug-likeness (QED) is 0.887. The van der Waals surface area contributed by atoms with Crippen molar-refractivity contribution in [3.05, 3.63) is 30.0 Å². The number of methoxy groups -OCH3 is 2. The van der Waals surface area contributed by atoms with Gasteiger partial charge in [0.1, 0.15) is 5.75 Å². The van der Waals surface area contributed by atoms with Gasteiger partial charge in [-0.1, -0.05) is 12.1 Å². The topological polar surface area (TPSA) is 73.2 Å². The second-order valence-corrected chi connectivity index (χ2v) is 5.61. The first kappa shape index (κ1) is 13.9. The molecule has 0 amide bonds. The van der Waals surface area contributed by atoms with E-state index < -0.39 is 0 Å². The van der Waals surface area contributed by atoms with Crippen molar-refractivity contribution in [2.45, 2.75) is 31.3 Å². The Morgan fingerprint density at radius 1 is 1.33 bits per heavy atom. The molecular weight excluding hydrogens is 266 g/mol. The van der Waals surface area contributed by atoms with E-state index in [4.69, 9.17) is 15.2 Å². The molecule has 21 heavy (non-hydrogen) atoms. The number of benzene rings is 1. The van der Waals surface area contributed by atoms with E-state index in [-0.39, 0.29) is 5.60 Å². The molecule has 1 fully saturated rings. The van der Waals surface area contributed by atoms with Crippen molar-refractivity contribution >= 4 is 5.82 Å². The minimum Gasteiger partial charge on any atom is -0.497 e. The summed E-state index contributed by atoms with van der Waals surface area (Å²) in [4.78, 5) is 0. The van der Waals surface area contributed by atoms with E-state index in [0.29, 0.717) is 5.82 Å². The number of anilines is 1. The van der Waals surface area contributed by atoms with Crippen molar-refractivity contribution in [2.24, 2.45) is 0 Å². The summed E-state index contributed by atoms with van der Waals surface area (Å²) in [5.74, 6) is 1.33. The number of nitrogens with two attached hydrogens (primary N) is 1. The largest absolute Gasteiger partial charge is 0.497 e. The Morgan fingerprint density at radius 3 is 2.76 bits per heavy atom. The zero-order valence-corrected chi connectivity index (χ0v) is 12.5. The number of ether oxygens (including phenoxy) is 2. The van der Waals surface area contributed by atoms with Crippen LogP contribution in [0.1, 0.15) is 25.0 Å². The predicted molar refractivity (Wildman–Crippen MR) is 82.3 cm³/mol. The Morgan fingerprint density at radius 2 is 2.14 bits per heavy atom. The summed E-state index contributed by atoms with van der Waals surface area (Å²) in [5, 5.41) is 7.25. The molecule has 3 rings (SSSR count). The molecule has 0 spiro atoms. The van der Waals surface area contributed by atoms with Crippen LogP contribution >= 0.6 is 0 Å². The summed E-state index contributed by atoms with van der Waals surface area (Å²) in [5.41, 5.74) is 9.00. The fourth-order valence-corrected chi connectivity index (χ4v) is 2.97. The first-order chi connectivity index (χ1) is 10.2. The van der Waals surface area contributed by atoms with E-state index in [9.17, 15) is 0 Å². The predicted octanol–water partition coefficient (Wildman–Crippen LogP) is 2.78. The Balaban J connectivity index is 1.96. The average Bonchev–Trinajstić information content (AvgIpc) is 2.83. The molecule has 5 nitrogen and oxygen atoms in total. The van der Waals surface area contributed by atoms with Crippen LogP contribution in [0.4, 0.5) is 5.82 Å². The second kappa shape index (κ2) is 5.41. The number of nitrogens with one attached hydrogen (secondary N) is 1. The van der Waals surface area contributed by atoms with Crippen LogP contribution in [0.15, 0.2) is 24.3 Å². The summed E-state index contributed by atoms with van der Waals surface area (Å²) in [7, 11) is 3.44. The minimum atomic E-state index is -0.0629. The van der Waals surface area contributed by atoms with Crippen molar-refractivity contribution < 1.29 is 9.47 Å². The molecule has 3 N–H and O–H groups in total. The van der Waals surface area contributed by atoms with Gasteiger partial charge in [-0.25, -0.2) is 0 Å². The molecule has 0 saturated heterocycles. The molecule has 1 aliphatic rings. The van der Waals surface area contributed by atoms with Crippen LogP contribution in [0, 0.1) is 0 Å². The van der Waals surface area contributed by atoms with Gasteiger partial charge in [0.25, 0.3) is 0 Å². The van der Waals surface area contributed by atoms with E-state index in [1.54, 1.807) is 14.2 Å². The van der Waals surface area contributed by atoms with Gasteiger partial charge in [-0.15, -0.1) is 0 Å². The summed E-state index contributed by atoms with van der Waals surface area (Å²) in [6, 6.07) is 7.88. The van der Waals surface area contributed by atoms with Gasteiger partial charge in [0.2, 0.25) is 0 Å². The molecule has 1 heterocycles. The number of hydrogen-bond acceptors (Lipinski definition) is 4. The Hall–Kier alpha value is -2.01. The Labute approximate surface area is 124 Å². The van der Waals surface area contributed by atoms with Gasteiger partial charge in [-0.2, -0.15) is 5.10 Å². The van der Waals surface area contributed by atoms with Gasteiger partial charge < -0.3 is 15.2 Å². The van der Waals surface area contributed by atoms with Crippen LogP contribution in [0.5, 0.6) is 5.75 Å². The van der Waals surface area contributed by atoms with E-state index in [0.717, 1.165) is 41.8 Å². The zero-order chi connectivity index (χ0) is 14.9. The number of aromatic nitrogens is 2. The van der Waals surface area contributed by atoms with Crippen molar-refractivity contribution in [1.29, 1.82) is 0 Å². The first-order valence-electron chi connectivity index (χ1n) is 7.20. The standard InChI is InChI=1S/C16H21N3O2/c1-20-12-6-3-5-11(9-12)14-13(18-19-15(14)17)10-16(21-2)7-4-8-16/h3,5-6,9H,4,7-8,10H2,1-2H3,(H3,17,18,19). The third-order valence-electron chi connectivity index (χ3n) is 4.42. The SMILES string of the molecule is COc1cccc(-c2c(N)n[nH]c2CC2(OC)CCC2)c1. The maximum absolute atomic E-state index is 6.06. The van der Waals surface area contributed by atoms with Crippen LogP contribution in [0.25, 0.3) is 11.1 Å². The lowest BCUT2D eigenvalue weighted by Crippen LogP contribution is -2.41. The number of rotatable bonds is 5. The fraction of sp³-hybridized carbons (Fsp3) is 0.438. The molecule has 1 aliphatic carbocycles. The van der Waals surface area contributed by atoms with E-state index in [1.165, 1.54) is 6.42 Å². The lowest BCUT2D eigenvalue weighted by molar-refractivity contribution is -0.0713. The number of hydrogen-bond donors (Lipinski definition) is 2. The van der Waals surface area contributed by atoms with Crippen molar-refractivity contribution in [3.8, 4) is 16.9 Å². The molecule has 2 aromatic rings. The van der Waals surface area contributed by atoms with Gasteiger partial charge in [0.15, 0.2) is 5.82 Å². The average molecular weight is 287 g/mol. The highest BCUT2D eigenvalue weighted by Gasteiger charge is 2.38. The minimum absolute atomic E-state index is 0.0629. The van der Waals surface area contributed by atoms with Gasteiger partial charge in [-0.05, 0) is 37.0 Å². The summed E-state index contributed by atoms with van der Waals surface area (Å²) in [6.07, 6.45) is 4.19. The molecule has 0 radical (unpaired) electrons. The normalized spacial score (nSPS) is 16.5. The fourth-order valence-electron chi connectivity index (χ4n) is 2.97. The Bertz CT molecular complexity index is 627. The molecule has 0 unspecified atom stereocenters. The maximum atomic E-state index is 6.06. The molecule has 1 saturated carbocycles. The molecule has 112 valence electrons. The van der Waals surface area contributed by atoms with E-state index >= 15 is 0 Å². The van der Waals surface area contributed by atoms with E-state index in [2.05, 4.69) is 10.2 Å². The van der Waals surface area contributed by atoms with Gasteiger partial charge in [0.05, 0.1) is 12.7 Å². The summed E-state index contributed by atoms with van der Waals surface area (Å²) in [6.45, 7) is 0. The zero-order valence-electron chi connectivity index (χ0n) is 12.5.